The summed E-state index contributed by atoms with van der Waals surface area (Å²) in [7, 11) is 0. The van der Waals surface area contributed by atoms with Crippen LogP contribution in [0.15, 0.2) is 11.6 Å². The highest BCUT2D eigenvalue weighted by atomic mass is 16.4. The first-order chi connectivity index (χ1) is 10.6. The highest BCUT2D eigenvalue weighted by Crippen LogP contribution is 2.60. The van der Waals surface area contributed by atoms with Gasteiger partial charge in [0.15, 0.2) is 0 Å². The van der Waals surface area contributed by atoms with E-state index in [0.29, 0.717) is 11.8 Å². The van der Waals surface area contributed by atoms with Crippen molar-refractivity contribution < 1.29 is 15.0 Å². The predicted octanol–water partition coefficient (Wildman–Crippen LogP) is 4.65. The SMILES string of the molecule is CC1=CC[C@H]2C(C)(C)[C@H](O)CC[C@]2(C)[C@H]1CC[C@H](C)CC(=O)O. The zero-order valence-corrected chi connectivity index (χ0v) is 15.4. The second kappa shape index (κ2) is 6.58. The Morgan fingerprint density at radius 2 is 2.04 bits per heavy atom. The molecule has 3 heteroatoms. The number of allylic oxidation sites excluding steroid dienone is 2. The van der Waals surface area contributed by atoms with Crippen LogP contribution in [-0.2, 0) is 4.79 Å². The Labute approximate surface area is 141 Å². The van der Waals surface area contributed by atoms with E-state index in [2.05, 4.69) is 33.8 Å². The lowest BCUT2D eigenvalue weighted by Gasteiger charge is -2.58. The van der Waals surface area contributed by atoms with Gasteiger partial charge in [0.25, 0.3) is 0 Å². The second-order valence-electron chi connectivity index (χ2n) is 8.95. The zero-order valence-electron chi connectivity index (χ0n) is 15.4. The molecule has 0 aromatic carbocycles. The molecule has 0 amide bonds. The number of rotatable bonds is 5. The minimum absolute atomic E-state index is 0.0465. The molecule has 2 aliphatic carbocycles. The lowest BCUT2D eigenvalue weighted by molar-refractivity contribution is -0.138. The number of hydrogen-bond donors (Lipinski definition) is 2. The fourth-order valence-corrected chi connectivity index (χ4v) is 5.44. The highest BCUT2D eigenvalue weighted by molar-refractivity contribution is 5.66. The summed E-state index contributed by atoms with van der Waals surface area (Å²) in [6, 6.07) is 0. The molecule has 0 bridgehead atoms. The van der Waals surface area contributed by atoms with E-state index < -0.39 is 5.97 Å². The van der Waals surface area contributed by atoms with Gasteiger partial charge in [0, 0.05) is 6.42 Å². The first-order valence-electron chi connectivity index (χ1n) is 9.15. The molecule has 1 saturated carbocycles. The minimum Gasteiger partial charge on any atom is -0.481 e. The quantitative estimate of drug-likeness (QED) is 0.725. The van der Waals surface area contributed by atoms with Crippen LogP contribution < -0.4 is 0 Å². The van der Waals surface area contributed by atoms with Crippen molar-refractivity contribution in [3.05, 3.63) is 11.6 Å². The van der Waals surface area contributed by atoms with Gasteiger partial charge in [0.1, 0.15) is 0 Å². The number of hydrogen-bond acceptors (Lipinski definition) is 2. The molecule has 0 aliphatic heterocycles. The van der Waals surface area contributed by atoms with E-state index in [1.54, 1.807) is 0 Å². The maximum Gasteiger partial charge on any atom is 0.303 e. The van der Waals surface area contributed by atoms with Crippen molar-refractivity contribution in [1.82, 2.24) is 0 Å². The first-order valence-corrected chi connectivity index (χ1v) is 9.15. The third kappa shape index (κ3) is 3.50. The molecule has 23 heavy (non-hydrogen) atoms. The lowest BCUT2D eigenvalue weighted by Crippen LogP contribution is -2.54. The van der Waals surface area contributed by atoms with E-state index in [9.17, 15) is 9.90 Å². The van der Waals surface area contributed by atoms with Crippen molar-refractivity contribution in [2.45, 2.75) is 79.2 Å². The van der Waals surface area contributed by atoms with Crippen LogP contribution in [-0.4, -0.2) is 22.3 Å². The molecule has 0 saturated heterocycles. The third-order valence-electron chi connectivity index (χ3n) is 7.00. The smallest absolute Gasteiger partial charge is 0.303 e. The van der Waals surface area contributed by atoms with Gasteiger partial charge in [-0.2, -0.15) is 0 Å². The number of fused-ring (bicyclic) bond motifs is 1. The summed E-state index contributed by atoms with van der Waals surface area (Å²) in [6.07, 6.45) is 7.48. The van der Waals surface area contributed by atoms with Crippen molar-refractivity contribution in [2.24, 2.45) is 28.6 Å². The van der Waals surface area contributed by atoms with Gasteiger partial charge in [-0.3, -0.25) is 4.79 Å². The number of carboxylic acids is 1. The van der Waals surface area contributed by atoms with Crippen molar-refractivity contribution in [3.8, 4) is 0 Å². The number of carbonyl (C=O) groups is 1. The summed E-state index contributed by atoms with van der Waals surface area (Å²) in [5.74, 6) is 0.553. The van der Waals surface area contributed by atoms with E-state index in [-0.39, 0.29) is 29.3 Å². The molecule has 132 valence electrons. The molecule has 3 nitrogen and oxygen atoms in total. The van der Waals surface area contributed by atoms with Gasteiger partial charge in [-0.1, -0.05) is 39.3 Å². The summed E-state index contributed by atoms with van der Waals surface area (Å²) in [4.78, 5) is 10.9. The van der Waals surface area contributed by atoms with Gasteiger partial charge >= 0.3 is 5.97 Å². The Hall–Kier alpha value is -0.830. The Balaban J connectivity index is 2.17. The van der Waals surface area contributed by atoms with Gasteiger partial charge in [-0.25, -0.2) is 0 Å². The number of aliphatic carboxylic acids is 1. The second-order valence-corrected chi connectivity index (χ2v) is 8.95. The standard InChI is InChI=1S/C20H34O3/c1-13(12-18(22)23)6-8-15-14(2)7-9-16-19(3,4)17(21)10-11-20(15,16)5/h7,13,15-17,21H,6,8-12H2,1-5H3,(H,22,23)/t13-,15-,16-,17+,20+/m0/s1. The largest absolute Gasteiger partial charge is 0.481 e. The van der Waals surface area contributed by atoms with Crippen molar-refractivity contribution in [1.29, 1.82) is 0 Å². The molecule has 2 rings (SSSR count). The fourth-order valence-electron chi connectivity index (χ4n) is 5.44. The van der Waals surface area contributed by atoms with E-state index in [4.69, 9.17) is 5.11 Å². The molecule has 2 aliphatic rings. The summed E-state index contributed by atoms with van der Waals surface area (Å²) in [5, 5.41) is 19.4. The number of carboxylic acid groups (broad SMARTS) is 1. The van der Waals surface area contributed by atoms with Gasteiger partial charge in [0.05, 0.1) is 6.10 Å². The summed E-state index contributed by atoms with van der Waals surface area (Å²) in [6.45, 7) is 11.1. The molecule has 0 aromatic heterocycles. The minimum atomic E-state index is -0.695. The molecule has 5 atom stereocenters. The van der Waals surface area contributed by atoms with Crippen LogP contribution in [0.25, 0.3) is 0 Å². The van der Waals surface area contributed by atoms with Gasteiger partial charge in [-0.05, 0) is 67.6 Å². The predicted molar refractivity (Wildman–Crippen MR) is 93.1 cm³/mol. The van der Waals surface area contributed by atoms with Crippen molar-refractivity contribution >= 4 is 5.97 Å². The molecule has 2 N–H and O–H groups in total. The maximum atomic E-state index is 10.9. The Bertz CT molecular complexity index is 479. The van der Waals surface area contributed by atoms with Crippen LogP contribution >= 0.6 is 0 Å². The average Bonchev–Trinajstić information content (AvgIpc) is 2.42. The Morgan fingerprint density at radius 1 is 1.39 bits per heavy atom. The maximum absolute atomic E-state index is 10.9. The topological polar surface area (TPSA) is 57.5 Å². The van der Waals surface area contributed by atoms with E-state index in [0.717, 1.165) is 32.1 Å². The number of aliphatic hydroxyl groups excluding tert-OH is 1. The zero-order chi connectivity index (χ0) is 17.4. The molecule has 0 heterocycles. The Morgan fingerprint density at radius 3 is 2.65 bits per heavy atom. The van der Waals surface area contributed by atoms with Crippen LogP contribution in [0.2, 0.25) is 0 Å². The molecular weight excluding hydrogens is 288 g/mol. The monoisotopic (exact) mass is 322 g/mol. The molecule has 1 fully saturated rings. The van der Waals surface area contributed by atoms with Crippen LogP contribution in [0, 0.1) is 28.6 Å². The van der Waals surface area contributed by atoms with Crippen LogP contribution in [0.5, 0.6) is 0 Å². The molecule has 0 radical (unpaired) electrons. The van der Waals surface area contributed by atoms with E-state index in [1.807, 2.05) is 6.92 Å². The van der Waals surface area contributed by atoms with Crippen molar-refractivity contribution in [2.75, 3.05) is 0 Å². The molecule has 0 spiro atoms. The fraction of sp³-hybridized carbons (Fsp3) is 0.850. The summed E-state index contributed by atoms with van der Waals surface area (Å²) < 4.78 is 0. The van der Waals surface area contributed by atoms with Crippen LogP contribution in [0.3, 0.4) is 0 Å². The third-order valence-corrected chi connectivity index (χ3v) is 7.00. The number of aliphatic hydroxyl groups is 1. The molecule has 0 aromatic rings. The molecule has 0 unspecified atom stereocenters. The van der Waals surface area contributed by atoms with E-state index >= 15 is 0 Å². The van der Waals surface area contributed by atoms with Gasteiger partial charge in [0.2, 0.25) is 0 Å². The van der Waals surface area contributed by atoms with Crippen molar-refractivity contribution in [3.63, 3.8) is 0 Å². The average molecular weight is 322 g/mol. The first kappa shape index (κ1) is 18.5. The summed E-state index contributed by atoms with van der Waals surface area (Å²) in [5.41, 5.74) is 1.65. The summed E-state index contributed by atoms with van der Waals surface area (Å²) >= 11 is 0. The van der Waals surface area contributed by atoms with Gasteiger partial charge in [-0.15, -0.1) is 0 Å². The van der Waals surface area contributed by atoms with Crippen LogP contribution in [0.4, 0.5) is 0 Å². The normalized spacial score (nSPS) is 37.7. The highest BCUT2D eigenvalue weighted by Gasteiger charge is 2.54. The van der Waals surface area contributed by atoms with Gasteiger partial charge < -0.3 is 10.2 Å². The Kier molecular flexibility index (Phi) is 5.30. The van der Waals surface area contributed by atoms with E-state index in [1.165, 1.54) is 5.57 Å². The molecular formula is C20H34O3. The lowest BCUT2D eigenvalue weighted by atomic mass is 9.47. The van der Waals surface area contributed by atoms with Crippen LogP contribution in [0.1, 0.15) is 73.1 Å².